The Morgan fingerprint density at radius 2 is 2.05 bits per heavy atom. The average molecular weight is 383 g/mol. The van der Waals surface area contributed by atoms with Crippen molar-refractivity contribution in [2.45, 2.75) is 13.3 Å². The van der Waals surface area contributed by atoms with Gasteiger partial charge in [-0.1, -0.05) is 30.4 Å². The van der Waals surface area contributed by atoms with E-state index in [0.29, 0.717) is 22.8 Å². The summed E-state index contributed by atoms with van der Waals surface area (Å²) in [5.41, 5.74) is 7.48. The van der Waals surface area contributed by atoms with Crippen molar-refractivity contribution in [2.75, 3.05) is 11.4 Å². The van der Waals surface area contributed by atoms with Gasteiger partial charge < -0.3 is 10.6 Å². The molecule has 2 rings (SSSR count). The number of nitrogens with zero attached hydrogens (tertiary/aromatic N) is 1. The minimum absolute atomic E-state index is 0.0312. The van der Waals surface area contributed by atoms with Gasteiger partial charge in [0.05, 0.1) is 13.7 Å². The molecule has 0 radical (unpaired) electrons. The molecule has 0 atom stereocenters. The van der Waals surface area contributed by atoms with Gasteiger partial charge in [-0.2, -0.15) is 0 Å². The van der Waals surface area contributed by atoms with Crippen molar-refractivity contribution in [3.63, 3.8) is 0 Å². The van der Waals surface area contributed by atoms with E-state index in [9.17, 15) is 4.79 Å². The monoisotopic (exact) mass is 382 g/mol. The number of aryl methyl sites for hydroxylation is 1. The second-order valence-electron chi connectivity index (χ2n) is 4.58. The van der Waals surface area contributed by atoms with Crippen LogP contribution in [0.5, 0.6) is 0 Å². The SMILES string of the molecule is Cc1cc(C(=O)N(CCC(N)=S)c2ccccc2)sc1Br. The lowest BCUT2D eigenvalue weighted by Gasteiger charge is -2.22. The van der Waals surface area contributed by atoms with Crippen LogP contribution in [0.15, 0.2) is 40.2 Å². The van der Waals surface area contributed by atoms with Gasteiger partial charge in [0.15, 0.2) is 0 Å². The van der Waals surface area contributed by atoms with E-state index >= 15 is 0 Å². The summed E-state index contributed by atoms with van der Waals surface area (Å²) in [6, 6.07) is 11.5. The molecule has 0 fully saturated rings. The predicted molar refractivity (Wildman–Crippen MR) is 96.3 cm³/mol. The Morgan fingerprint density at radius 3 is 2.57 bits per heavy atom. The highest BCUT2D eigenvalue weighted by atomic mass is 79.9. The Kier molecular flexibility index (Phi) is 5.50. The van der Waals surface area contributed by atoms with Gasteiger partial charge in [-0.25, -0.2) is 0 Å². The van der Waals surface area contributed by atoms with E-state index in [1.54, 1.807) is 4.90 Å². The van der Waals surface area contributed by atoms with Gasteiger partial charge in [0.25, 0.3) is 5.91 Å². The second kappa shape index (κ2) is 7.15. The normalized spacial score (nSPS) is 10.4. The summed E-state index contributed by atoms with van der Waals surface area (Å²) in [7, 11) is 0. The molecule has 0 saturated heterocycles. The lowest BCUT2D eigenvalue weighted by atomic mass is 10.2. The fourth-order valence-corrected chi connectivity index (χ4v) is 3.45. The Hall–Kier alpha value is -1.24. The number of carbonyl (C=O) groups excluding carboxylic acids is 1. The molecule has 1 amide bonds. The minimum Gasteiger partial charge on any atom is -0.393 e. The molecule has 2 aromatic rings. The molecule has 0 saturated carbocycles. The lowest BCUT2D eigenvalue weighted by molar-refractivity contribution is 0.0991. The number of anilines is 1. The van der Waals surface area contributed by atoms with Crippen LogP contribution >= 0.6 is 39.5 Å². The van der Waals surface area contributed by atoms with E-state index in [-0.39, 0.29) is 5.91 Å². The third-order valence-electron chi connectivity index (χ3n) is 2.96. The fourth-order valence-electron chi connectivity index (χ4n) is 1.88. The van der Waals surface area contributed by atoms with Crippen molar-refractivity contribution in [1.82, 2.24) is 0 Å². The van der Waals surface area contributed by atoms with E-state index in [4.69, 9.17) is 18.0 Å². The molecule has 1 aromatic heterocycles. The molecular formula is C15H15BrN2OS2. The van der Waals surface area contributed by atoms with Crippen LogP contribution in [0.1, 0.15) is 21.7 Å². The highest BCUT2D eigenvalue weighted by molar-refractivity contribution is 9.11. The first-order valence-corrected chi connectivity index (χ1v) is 8.42. The van der Waals surface area contributed by atoms with Crippen LogP contribution in [-0.2, 0) is 0 Å². The standard InChI is InChI=1S/C15H15BrN2OS2/c1-10-9-12(21-14(10)16)15(19)18(8-7-13(17)20)11-5-3-2-4-6-11/h2-6,9H,7-8H2,1H3,(H2,17,20). The van der Waals surface area contributed by atoms with E-state index in [2.05, 4.69) is 15.9 Å². The van der Waals surface area contributed by atoms with Gasteiger partial charge in [0.2, 0.25) is 0 Å². The van der Waals surface area contributed by atoms with Crippen molar-refractivity contribution >= 4 is 56.1 Å². The number of para-hydroxylation sites is 1. The Morgan fingerprint density at radius 1 is 1.38 bits per heavy atom. The molecule has 0 aliphatic rings. The molecule has 1 aromatic carbocycles. The molecular weight excluding hydrogens is 368 g/mol. The van der Waals surface area contributed by atoms with Gasteiger partial charge in [-0.15, -0.1) is 11.3 Å². The van der Waals surface area contributed by atoms with Crippen molar-refractivity contribution in [3.8, 4) is 0 Å². The van der Waals surface area contributed by atoms with Crippen LogP contribution in [-0.4, -0.2) is 17.4 Å². The van der Waals surface area contributed by atoms with Gasteiger partial charge in [0.1, 0.15) is 0 Å². The number of thiophene rings is 1. The van der Waals surface area contributed by atoms with Crippen LogP contribution in [0.2, 0.25) is 0 Å². The number of thiocarbonyl (C=S) groups is 1. The Labute approximate surface area is 141 Å². The molecule has 110 valence electrons. The predicted octanol–water partition coefficient (Wildman–Crippen LogP) is 4.14. The highest BCUT2D eigenvalue weighted by Gasteiger charge is 2.20. The van der Waals surface area contributed by atoms with Crippen LogP contribution in [0.25, 0.3) is 0 Å². The summed E-state index contributed by atoms with van der Waals surface area (Å²) >= 11 is 9.83. The van der Waals surface area contributed by atoms with E-state index < -0.39 is 0 Å². The zero-order chi connectivity index (χ0) is 15.4. The van der Waals surface area contributed by atoms with Gasteiger partial charge in [0, 0.05) is 18.7 Å². The third-order valence-corrected chi connectivity index (χ3v) is 5.29. The fraction of sp³-hybridized carbons (Fsp3) is 0.200. The van der Waals surface area contributed by atoms with Crippen molar-refractivity contribution in [2.24, 2.45) is 5.73 Å². The minimum atomic E-state index is -0.0312. The molecule has 0 spiro atoms. The summed E-state index contributed by atoms with van der Waals surface area (Å²) < 4.78 is 0.980. The van der Waals surface area contributed by atoms with Gasteiger partial charge in [-0.3, -0.25) is 4.79 Å². The van der Waals surface area contributed by atoms with Crippen LogP contribution < -0.4 is 10.6 Å². The number of hydrogen-bond donors (Lipinski definition) is 1. The molecule has 2 N–H and O–H groups in total. The summed E-state index contributed by atoms with van der Waals surface area (Å²) in [6.07, 6.45) is 0.501. The zero-order valence-corrected chi connectivity index (χ0v) is 14.7. The van der Waals surface area contributed by atoms with Crippen LogP contribution in [0.3, 0.4) is 0 Å². The van der Waals surface area contributed by atoms with Crippen molar-refractivity contribution in [3.05, 3.63) is 50.6 Å². The second-order valence-corrected chi connectivity index (χ2v) is 7.47. The summed E-state index contributed by atoms with van der Waals surface area (Å²) in [5.74, 6) is -0.0312. The molecule has 0 unspecified atom stereocenters. The van der Waals surface area contributed by atoms with Crippen molar-refractivity contribution < 1.29 is 4.79 Å². The van der Waals surface area contributed by atoms with Gasteiger partial charge in [-0.05, 0) is 46.6 Å². The maximum Gasteiger partial charge on any atom is 0.268 e. The van der Waals surface area contributed by atoms with Crippen LogP contribution in [0.4, 0.5) is 5.69 Å². The Balaban J connectivity index is 2.30. The largest absolute Gasteiger partial charge is 0.393 e. The summed E-state index contributed by atoms with van der Waals surface area (Å²) in [6.45, 7) is 2.45. The van der Waals surface area contributed by atoms with E-state index in [0.717, 1.165) is 15.0 Å². The average Bonchev–Trinajstić information content (AvgIpc) is 2.79. The number of amides is 1. The first kappa shape index (κ1) is 16.1. The number of nitrogens with two attached hydrogens (primary N) is 1. The molecule has 6 heteroatoms. The topological polar surface area (TPSA) is 46.3 Å². The molecule has 0 aliphatic carbocycles. The van der Waals surface area contributed by atoms with Crippen LogP contribution in [0, 0.1) is 6.92 Å². The molecule has 0 aliphatic heterocycles. The molecule has 21 heavy (non-hydrogen) atoms. The quantitative estimate of drug-likeness (QED) is 0.790. The highest BCUT2D eigenvalue weighted by Crippen LogP contribution is 2.29. The Bertz CT molecular complexity index is 635. The van der Waals surface area contributed by atoms with Gasteiger partial charge >= 0.3 is 0 Å². The third kappa shape index (κ3) is 4.12. The van der Waals surface area contributed by atoms with E-state index in [1.807, 2.05) is 43.3 Å². The number of hydrogen-bond acceptors (Lipinski definition) is 3. The maximum atomic E-state index is 12.8. The zero-order valence-electron chi connectivity index (χ0n) is 11.5. The number of benzene rings is 1. The van der Waals surface area contributed by atoms with E-state index in [1.165, 1.54) is 11.3 Å². The van der Waals surface area contributed by atoms with Crippen molar-refractivity contribution in [1.29, 1.82) is 0 Å². The molecule has 1 heterocycles. The number of halogens is 1. The summed E-state index contributed by atoms with van der Waals surface area (Å²) in [5, 5.41) is 0. The molecule has 0 bridgehead atoms. The molecule has 3 nitrogen and oxygen atoms in total. The smallest absolute Gasteiger partial charge is 0.268 e. The lowest BCUT2D eigenvalue weighted by Crippen LogP contribution is -2.33. The first-order valence-electron chi connectivity index (χ1n) is 6.40. The number of rotatable bonds is 5. The first-order chi connectivity index (χ1) is 9.99. The number of carbonyl (C=O) groups is 1. The summed E-state index contributed by atoms with van der Waals surface area (Å²) in [4.78, 5) is 15.6. The maximum absolute atomic E-state index is 12.8.